The molecule has 4 aliphatic rings. The molecule has 0 unspecified atom stereocenters. The first kappa shape index (κ1) is 14.7. The van der Waals surface area contributed by atoms with Crippen LogP contribution >= 0.6 is 0 Å². The minimum absolute atomic E-state index is 0.0690. The van der Waals surface area contributed by atoms with Gasteiger partial charge in [-0.1, -0.05) is 0 Å². The van der Waals surface area contributed by atoms with E-state index in [1.807, 2.05) is 13.2 Å². The third-order valence-electron chi connectivity index (χ3n) is 5.85. The number of hydrogen-bond donors (Lipinski definition) is 2. The number of aryl methyl sites for hydroxylation is 1. The number of rotatable bonds is 2. The number of imide groups is 1. The first-order valence-corrected chi connectivity index (χ1v) is 8.60. The van der Waals surface area contributed by atoms with E-state index in [2.05, 4.69) is 10.6 Å². The second-order valence-corrected chi connectivity index (χ2v) is 7.86. The van der Waals surface area contributed by atoms with Gasteiger partial charge in [0.2, 0.25) is 0 Å². The minimum Gasteiger partial charge on any atom is -0.332 e. The van der Waals surface area contributed by atoms with Crippen molar-refractivity contribution in [2.45, 2.75) is 44.1 Å². The molecule has 1 heterocycles. The average molecular weight is 314 g/mol. The molecule has 5 nitrogen and oxygen atoms in total. The van der Waals surface area contributed by atoms with Gasteiger partial charge >= 0.3 is 6.03 Å². The van der Waals surface area contributed by atoms with Crippen LogP contribution in [0.15, 0.2) is 24.5 Å². The Hall–Kier alpha value is -1.91. The normalized spacial score (nSPS) is 34.2. The maximum atomic E-state index is 12.3. The van der Waals surface area contributed by atoms with Crippen LogP contribution in [0.25, 0.3) is 0 Å². The topological polar surface area (TPSA) is 62.1 Å². The van der Waals surface area contributed by atoms with E-state index in [4.69, 9.17) is 0 Å². The third-order valence-corrected chi connectivity index (χ3v) is 5.85. The van der Waals surface area contributed by atoms with E-state index in [-0.39, 0.29) is 17.5 Å². The van der Waals surface area contributed by atoms with Crippen LogP contribution in [0.3, 0.4) is 0 Å². The predicted octanol–water partition coefficient (Wildman–Crippen LogP) is 1.92. The summed E-state index contributed by atoms with van der Waals surface area (Å²) >= 11 is 0. The van der Waals surface area contributed by atoms with Gasteiger partial charge in [0.1, 0.15) is 12.6 Å². The van der Waals surface area contributed by atoms with Crippen LogP contribution in [0.1, 0.15) is 48.9 Å². The number of hydrogen-bond acceptors (Lipinski definition) is 2. The Morgan fingerprint density at radius 1 is 1.13 bits per heavy atom. The standard InChI is InChI=1S/C18H23N3O2/c1-21-4-2-3-15(11-21)16(22)19-17(23)20-18-8-12-5-13(9-18)7-14(6-12)10-18/h2-4,11-14H,5-10H2,1H3,(H-,19,20,22,23)/p+1. The zero-order valence-electron chi connectivity index (χ0n) is 13.5. The summed E-state index contributed by atoms with van der Waals surface area (Å²) in [4.78, 5) is 24.6. The molecule has 0 radical (unpaired) electrons. The van der Waals surface area contributed by atoms with Crippen LogP contribution in [0.2, 0.25) is 0 Å². The Labute approximate surface area is 136 Å². The van der Waals surface area contributed by atoms with Gasteiger partial charge in [0.15, 0.2) is 12.4 Å². The van der Waals surface area contributed by atoms with Crippen LogP contribution in [0.4, 0.5) is 4.79 Å². The quantitative estimate of drug-likeness (QED) is 0.819. The van der Waals surface area contributed by atoms with Crippen molar-refractivity contribution in [1.29, 1.82) is 0 Å². The minimum atomic E-state index is -0.344. The lowest BCUT2D eigenvalue weighted by Gasteiger charge is -2.56. The zero-order chi connectivity index (χ0) is 16.0. The van der Waals surface area contributed by atoms with Crippen LogP contribution in [-0.2, 0) is 7.05 Å². The Morgan fingerprint density at radius 2 is 1.74 bits per heavy atom. The van der Waals surface area contributed by atoms with Crippen LogP contribution in [-0.4, -0.2) is 17.5 Å². The second-order valence-electron chi connectivity index (χ2n) is 7.86. The van der Waals surface area contributed by atoms with Crippen molar-refractivity contribution in [3.05, 3.63) is 30.1 Å². The maximum absolute atomic E-state index is 12.3. The van der Waals surface area contributed by atoms with Crippen molar-refractivity contribution in [2.24, 2.45) is 24.8 Å². The molecule has 2 N–H and O–H groups in total. The van der Waals surface area contributed by atoms with Crippen molar-refractivity contribution >= 4 is 11.9 Å². The first-order chi connectivity index (χ1) is 11.0. The lowest BCUT2D eigenvalue weighted by Crippen LogP contribution is -2.61. The van der Waals surface area contributed by atoms with Crippen molar-refractivity contribution in [2.75, 3.05) is 0 Å². The first-order valence-electron chi connectivity index (χ1n) is 8.60. The van der Waals surface area contributed by atoms with Crippen molar-refractivity contribution in [1.82, 2.24) is 10.6 Å². The van der Waals surface area contributed by atoms with Crippen molar-refractivity contribution < 1.29 is 14.2 Å². The van der Waals surface area contributed by atoms with Gasteiger partial charge in [-0.05, 0) is 62.3 Å². The fourth-order valence-corrected chi connectivity index (χ4v) is 5.43. The largest absolute Gasteiger partial charge is 0.332 e. The lowest BCUT2D eigenvalue weighted by atomic mass is 9.53. The van der Waals surface area contributed by atoms with E-state index in [0.29, 0.717) is 5.56 Å². The maximum Gasteiger partial charge on any atom is 0.322 e. The molecule has 3 amide bonds. The van der Waals surface area contributed by atoms with E-state index >= 15 is 0 Å². The van der Waals surface area contributed by atoms with Crippen LogP contribution in [0, 0.1) is 17.8 Å². The Kier molecular flexibility index (Phi) is 3.39. The van der Waals surface area contributed by atoms with Gasteiger partial charge in [-0.2, -0.15) is 0 Å². The van der Waals surface area contributed by atoms with Gasteiger partial charge in [-0.25, -0.2) is 9.36 Å². The molecular weight excluding hydrogens is 290 g/mol. The molecule has 0 atom stereocenters. The van der Waals surface area contributed by atoms with Gasteiger partial charge < -0.3 is 5.32 Å². The second kappa shape index (κ2) is 5.32. The number of aromatic nitrogens is 1. The zero-order valence-corrected chi connectivity index (χ0v) is 13.5. The highest BCUT2D eigenvalue weighted by atomic mass is 16.2. The molecular formula is C18H24N3O2+. The molecule has 0 aliphatic heterocycles. The summed E-state index contributed by atoms with van der Waals surface area (Å²) in [5, 5.41) is 5.66. The lowest BCUT2D eigenvalue weighted by molar-refractivity contribution is -0.671. The van der Waals surface area contributed by atoms with Gasteiger partial charge in [0.05, 0.1) is 0 Å². The number of nitrogens with one attached hydrogen (secondary N) is 2. The van der Waals surface area contributed by atoms with E-state index in [0.717, 1.165) is 37.0 Å². The highest BCUT2D eigenvalue weighted by Gasteiger charge is 2.51. The number of nitrogens with zero attached hydrogens (tertiary/aromatic N) is 1. The number of urea groups is 1. The summed E-state index contributed by atoms with van der Waals surface area (Å²) in [5.74, 6) is 1.96. The van der Waals surface area contributed by atoms with Gasteiger partial charge in [-0.3, -0.25) is 10.1 Å². The van der Waals surface area contributed by atoms with E-state index in [1.54, 1.807) is 22.9 Å². The van der Waals surface area contributed by atoms with Crippen LogP contribution < -0.4 is 15.2 Å². The predicted molar refractivity (Wildman–Crippen MR) is 84.5 cm³/mol. The average Bonchev–Trinajstić information content (AvgIpc) is 2.44. The highest BCUT2D eigenvalue weighted by Crippen LogP contribution is 2.55. The Bertz CT molecular complexity index is 620. The number of pyridine rings is 1. The fraction of sp³-hybridized carbons (Fsp3) is 0.611. The molecule has 1 aromatic rings. The third kappa shape index (κ3) is 2.84. The summed E-state index contributed by atoms with van der Waals surface area (Å²) in [6, 6.07) is 3.17. The summed E-state index contributed by atoms with van der Waals surface area (Å²) in [6.45, 7) is 0. The molecule has 0 saturated heterocycles. The molecule has 122 valence electrons. The molecule has 4 fully saturated rings. The summed E-state index contributed by atoms with van der Waals surface area (Å²) in [5.41, 5.74) is 0.427. The molecule has 5 rings (SSSR count). The fourth-order valence-electron chi connectivity index (χ4n) is 5.43. The van der Waals surface area contributed by atoms with Gasteiger partial charge in [0, 0.05) is 11.6 Å². The Morgan fingerprint density at radius 3 is 2.30 bits per heavy atom. The van der Waals surface area contributed by atoms with Gasteiger partial charge in [-0.15, -0.1) is 0 Å². The molecule has 4 bridgehead atoms. The van der Waals surface area contributed by atoms with E-state index in [1.165, 1.54) is 19.3 Å². The highest BCUT2D eigenvalue weighted by molar-refractivity contribution is 6.04. The molecule has 4 aliphatic carbocycles. The number of amides is 3. The van der Waals surface area contributed by atoms with Gasteiger partial charge in [0.25, 0.3) is 5.91 Å². The Balaban J connectivity index is 1.41. The summed E-state index contributed by atoms with van der Waals surface area (Å²) in [7, 11) is 1.85. The molecule has 0 aromatic carbocycles. The molecule has 5 heteroatoms. The van der Waals surface area contributed by atoms with Crippen LogP contribution in [0.5, 0.6) is 0 Å². The van der Waals surface area contributed by atoms with E-state index in [9.17, 15) is 9.59 Å². The molecule has 4 saturated carbocycles. The molecule has 23 heavy (non-hydrogen) atoms. The molecule has 1 aromatic heterocycles. The summed E-state index contributed by atoms with van der Waals surface area (Å²) < 4.78 is 1.80. The monoisotopic (exact) mass is 314 g/mol. The smallest absolute Gasteiger partial charge is 0.322 e. The molecule has 0 spiro atoms. The number of carbonyl (C=O) groups excluding carboxylic acids is 2. The summed E-state index contributed by atoms with van der Waals surface area (Å²) in [6.07, 6.45) is 10.8. The SMILES string of the molecule is C[n+]1cccc(C(=O)NC(=O)NC23CC4CC(CC(C4)C2)C3)c1. The van der Waals surface area contributed by atoms with Crippen molar-refractivity contribution in [3.8, 4) is 0 Å². The van der Waals surface area contributed by atoms with Crippen molar-refractivity contribution in [3.63, 3.8) is 0 Å². The number of carbonyl (C=O) groups is 2. The van der Waals surface area contributed by atoms with E-state index < -0.39 is 0 Å².